The number of rotatable bonds is 4. The molecule has 3 rings (SSSR count). The Labute approximate surface area is 119 Å². The van der Waals surface area contributed by atoms with E-state index >= 15 is 0 Å². The lowest BCUT2D eigenvalue weighted by Crippen LogP contribution is -2.26. The summed E-state index contributed by atoms with van der Waals surface area (Å²) >= 11 is 3.50. The third kappa shape index (κ3) is 2.08. The van der Waals surface area contributed by atoms with Gasteiger partial charge < -0.3 is 10.2 Å². The quantitative estimate of drug-likeness (QED) is 0.685. The molecule has 1 aliphatic carbocycles. The van der Waals surface area contributed by atoms with Crippen molar-refractivity contribution in [3.63, 3.8) is 0 Å². The number of benzene rings is 1. The normalized spacial score (nSPS) is 17.1. The Bertz CT molecular complexity index is 593. The first-order valence-corrected chi connectivity index (χ1v) is 6.98. The van der Waals surface area contributed by atoms with Gasteiger partial charge in [-0.3, -0.25) is 9.59 Å². The lowest BCUT2D eigenvalue weighted by atomic mass is 10.1. The van der Waals surface area contributed by atoms with Crippen LogP contribution in [-0.2, 0) is 4.79 Å². The monoisotopic (exact) mass is 320 g/mol. The molecule has 0 spiro atoms. The molecular formula is C14H13BrN2O2. The second-order valence-corrected chi connectivity index (χ2v) is 5.66. The highest BCUT2D eigenvalue weighted by atomic mass is 79.9. The molecule has 1 aromatic carbocycles. The number of fused-ring (bicyclic) bond motifs is 1. The van der Waals surface area contributed by atoms with Crippen molar-refractivity contribution in [1.29, 1.82) is 0 Å². The van der Waals surface area contributed by atoms with Gasteiger partial charge in [-0.15, -0.1) is 6.58 Å². The number of nitrogens with zero attached hydrogens (tertiary/aromatic N) is 1. The van der Waals surface area contributed by atoms with Crippen LogP contribution >= 0.6 is 15.9 Å². The molecule has 0 aromatic heterocycles. The minimum atomic E-state index is -0.555. The van der Waals surface area contributed by atoms with E-state index in [2.05, 4.69) is 32.7 Å². The van der Waals surface area contributed by atoms with E-state index in [1.165, 1.54) is 12.8 Å². The summed E-state index contributed by atoms with van der Waals surface area (Å²) in [5, 5.41) is 2.61. The average molecular weight is 321 g/mol. The largest absolute Gasteiger partial charge is 0.364 e. The molecule has 1 N–H and O–H groups in total. The predicted octanol–water partition coefficient (Wildman–Crippen LogP) is 2.74. The SMILES string of the molecule is C=CCN(c1cc2c(cc1Br)C(=O)C(=O)N2)C1CC1. The Kier molecular flexibility index (Phi) is 2.93. The minimum absolute atomic E-state index is 0.440. The third-order valence-electron chi connectivity index (χ3n) is 3.41. The number of carbonyl (C=O) groups is 2. The number of ketones is 1. The van der Waals surface area contributed by atoms with E-state index in [9.17, 15) is 9.59 Å². The first kappa shape index (κ1) is 12.4. The van der Waals surface area contributed by atoms with E-state index in [0.29, 0.717) is 17.3 Å². The van der Waals surface area contributed by atoms with Crippen molar-refractivity contribution in [3.05, 3.63) is 34.8 Å². The molecule has 0 saturated heterocycles. The average Bonchev–Trinajstić information content (AvgIpc) is 3.17. The van der Waals surface area contributed by atoms with Crippen molar-refractivity contribution in [2.75, 3.05) is 16.8 Å². The van der Waals surface area contributed by atoms with Crippen LogP contribution in [0.1, 0.15) is 23.2 Å². The molecule has 1 saturated carbocycles. The van der Waals surface area contributed by atoms with Crippen molar-refractivity contribution in [2.45, 2.75) is 18.9 Å². The molecular weight excluding hydrogens is 308 g/mol. The maximum Gasteiger partial charge on any atom is 0.296 e. The van der Waals surface area contributed by atoms with E-state index in [1.807, 2.05) is 12.1 Å². The van der Waals surface area contributed by atoms with E-state index < -0.39 is 11.7 Å². The molecule has 1 heterocycles. The zero-order valence-corrected chi connectivity index (χ0v) is 11.9. The van der Waals surface area contributed by atoms with Gasteiger partial charge in [0.15, 0.2) is 0 Å². The molecule has 2 aliphatic rings. The van der Waals surface area contributed by atoms with Gasteiger partial charge in [0.05, 0.1) is 16.9 Å². The number of carbonyl (C=O) groups excluding carboxylic acids is 2. The molecule has 5 heteroatoms. The van der Waals surface area contributed by atoms with Gasteiger partial charge in [-0.05, 0) is 40.9 Å². The summed E-state index contributed by atoms with van der Waals surface area (Å²) in [6.07, 6.45) is 4.20. The summed E-state index contributed by atoms with van der Waals surface area (Å²) in [5.74, 6) is -1.02. The van der Waals surface area contributed by atoms with Crippen LogP contribution in [0.15, 0.2) is 29.3 Å². The number of Topliss-reactive ketones (excluding diaryl/α,β-unsaturated/α-hetero) is 1. The zero-order valence-electron chi connectivity index (χ0n) is 10.3. The summed E-state index contributed by atoms with van der Waals surface area (Å²) in [5.41, 5.74) is 2.04. The summed E-state index contributed by atoms with van der Waals surface area (Å²) in [6.45, 7) is 4.54. The fraction of sp³-hybridized carbons (Fsp3) is 0.286. The molecule has 19 heavy (non-hydrogen) atoms. The molecule has 0 atom stereocenters. The number of anilines is 2. The smallest absolute Gasteiger partial charge is 0.296 e. The van der Waals surface area contributed by atoms with E-state index in [1.54, 1.807) is 6.07 Å². The van der Waals surface area contributed by atoms with Gasteiger partial charge in [-0.25, -0.2) is 0 Å². The van der Waals surface area contributed by atoms with Crippen molar-refractivity contribution in [2.24, 2.45) is 0 Å². The molecule has 98 valence electrons. The summed E-state index contributed by atoms with van der Waals surface area (Å²) in [7, 11) is 0. The molecule has 4 nitrogen and oxygen atoms in total. The van der Waals surface area contributed by atoms with Crippen LogP contribution in [0.25, 0.3) is 0 Å². The zero-order chi connectivity index (χ0) is 13.6. The number of hydrogen-bond donors (Lipinski definition) is 1. The molecule has 0 radical (unpaired) electrons. The van der Waals surface area contributed by atoms with Gasteiger partial charge >= 0.3 is 0 Å². The Balaban J connectivity index is 2.03. The van der Waals surface area contributed by atoms with Crippen LogP contribution in [0.4, 0.5) is 11.4 Å². The highest BCUT2D eigenvalue weighted by Crippen LogP contribution is 2.39. The Morgan fingerprint density at radius 1 is 1.42 bits per heavy atom. The number of amides is 1. The Hall–Kier alpha value is -1.62. The molecule has 1 fully saturated rings. The topological polar surface area (TPSA) is 49.4 Å². The maximum atomic E-state index is 11.6. The summed E-state index contributed by atoms with van der Waals surface area (Å²) in [6, 6.07) is 4.12. The summed E-state index contributed by atoms with van der Waals surface area (Å²) < 4.78 is 0.838. The van der Waals surface area contributed by atoms with Gasteiger partial charge in [-0.1, -0.05) is 6.08 Å². The highest BCUT2D eigenvalue weighted by Gasteiger charge is 2.33. The van der Waals surface area contributed by atoms with Gasteiger partial charge in [-0.2, -0.15) is 0 Å². The van der Waals surface area contributed by atoms with Crippen molar-refractivity contribution >= 4 is 39.0 Å². The van der Waals surface area contributed by atoms with Crippen molar-refractivity contribution in [3.8, 4) is 0 Å². The number of nitrogens with one attached hydrogen (secondary N) is 1. The van der Waals surface area contributed by atoms with Gasteiger partial charge in [0.25, 0.3) is 11.7 Å². The van der Waals surface area contributed by atoms with Crippen molar-refractivity contribution < 1.29 is 9.59 Å². The predicted molar refractivity (Wildman–Crippen MR) is 77.7 cm³/mol. The standard InChI is InChI=1S/C14H13BrN2O2/c1-2-5-17(8-3-4-8)12-7-11-9(6-10(12)15)13(18)14(19)16-11/h2,6-8H,1,3-5H2,(H,16,18,19). The van der Waals surface area contributed by atoms with Crippen LogP contribution in [-0.4, -0.2) is 24.3 Å². The first-order chi connectivity index (χ1) is 9.11. The highest BCUT2D eigenvalue weighted by molar-refractivity contribution is 9.10. The first-order valence-electron chi connectivity index (χ1n) is 6.18. The molecule has 1 amide bonds. The fourth-order valence-corrected chi connectivity index (χ4v) is 2.92. The minimum Gasteiger partial charge on any atom is -0.364 e. The Morgan fingerprint density at radius 2 is 2.16 bits per heavy atom. The van der Waals surface area contributed by atoms with Crippen LogP contribution in [0.2, 0.25) is 0 Å². The number of hydrogen-bond acceptors (Lipinski definition) is 3. The molecule has 0 unspecified atom stereocenters. The lowest BCUT2D eigenvalue weighted by molar-refractivity contribution is -0.112. The molecule has 1 aromatic rings. The van der Waals surface area contributed by atoms with E-state index in [0.717, 1.165) is 16.7 Å². The van der Waals surface area contributed by atoms with Gasteiger partial charge in [0.2, 0.25) is 0 Å². The molecule has 1 aliphatic heterocycles. The second-order valence-electron chi connectivity index (χ2n) is 4.80. The van der Waals surface area contributed by atoms with Crippen LogP contribution in [0.3, 0.4) is 0 Å². The van der Waals surface area contributed by atoms with Crippen LogP contribution < -0.4 is 10.2 Å². The maximum absolute atomic E-state index is 11.6. The second kappa shape index (κ2) is 4.49. The lowest BCUT2D eigenvalue weighted by Gasteiger charge is -2.25. The van der Waals surface area contributed by atoms with Crippen LogP contribution in [0, 0.1) is 0 Å². The number of halogens is 1. The van der Waals surface area contributed by atoms with Crippen LogP contribution in [0.5, 0.6) is 0 Å². The fourth-order valence-electron chi connectivity index (χ4n) is 2.34. The third-order valence-corrected chi connectivity index (χ3v) is 4.04. The van der Waals surface area contributed by atoms with Crippen molar-refractivity contribution in [1.82, 2.24) is 0 Å². The Morgan fingerprint density at radius 3 is 2.79 bits per heavy atom. The van der Waals surface area contributed by atoms with Gasteiger partial charge in [0, 0.05) is 17.1 Å². The van der Waals surface area contributed by atoms with E-state index in [-0.39, 0.29) is 0 Å². The van der Waals surface area contributed by atoms with Gasteiger partial charge in [0.1, 0.15) is 0 Å². The molecule has 0 bridgehead atoms. The summed E-state index contributed by atoms with van der Waals surface area (Å²) in [4.78, 5) is 25.3. The van der Waals surface area contributed by atoms with E-state index in [4.69, 9.17) is 0 Å².